The van der Waals surface area contributed by atoms with Crippen molar-refractivity contribution in [1.29, 1.82) is 0 Å². The van der Waals surface area contributed by atoms with E-state index in [4.69, 9.17) is 4.74 Å². The molecule has 0 N–H and O–H groups in total. The van der Waals surface area contributed by atoms with Crippen LogP contribution < -0.4 is 0 Å². The van der Waals surface area contributed by atoms with E-state index < -0.39 is 0 Å². The molecule has 0 aliphatic heterocycles. The molecule has 0 aliphatic carbocycles. The molecular formula is C10H20NO2+. The largest absolute Gasteiger partial charge is 0.463 e. The van der Waals surface area contributed by atoms with Gasteiger partial charge in [-0.15, -0.1) is 0 Å². The summed E-state index contributed by atoms with van der Waals surface area (Å²) in [5, 5.41) is 0. The van der Waals surface area contributed by atoms with Gasteiger partial charge < -0.3 is 9.22 Å². The van der Waals surface area contributed by atoms with E-state index in [2.05, 4.69) is 21.1 Å². The number of carbonyl (C=O) groups is 1. The zero-order chi connectivity index (χ0) is 10.3. The van der Waals surface area contributed by atoms with E-state index in [-0.39, 0.29) is 5.97 Å². The third kappa shape index (κ3) is 9.08. The molecule has 0 rings (SSSR count). The van der Waals surface area contributed by atoms with Gasteiger partial charge in [-0.1, -0.05) is 6.08 Å². The van der Waals surface area contributed by atoms with Crippen LogP contribution in [0.25, 0.3) is 0 Å². The standard InChI is InChI=1S/C10H20NO2/c1-5-13-10(12)8-6-7-9-11(2,3)4/h6,8H,5,7,9H2,1-4H3/q+1/b8-6-. The predicted octanol–water partition coefficient (Wildman–Crippen LogP) is 1.20. The van der Waals surface area contributed by atoms with Gasteiger partial charge in [-0.05, 0) is 6.92 Å². The molecular weight excluding hydrogens is 166 g/mol. The second-order valence-corrected chi connectivity index (χ2v) is 3.96. The Bertz CT molecular complexity index is 180. The van der Waals surface area contributed by atoms with Crippen molar-refractivity contribution in [3.63, 3.8) is 0 Å². The molecule has 0 aromatic heterocycles. The highest BCUT2D eigenvalue weighted by molar-refractivity contribution is 5.81. The smallest absolute Gasteiger partial charge is 0.330 e. The molecule has 0 aromatic rings. The Kier molecular flexibility index (Phi) is 5.39. The molecule has 76 valence electrons. The third-order valence-electron chi connectivity index (χ3n) is 1.51. The van der Waals surface area contributed by atoms with E-state index in [0.717, 1.165) is 17.4 Å². The fourth-order valence-corrected chi connectivity index (χ4v) is 0.832. The highest BCUT2D eigenvalue weighted by Crippen LogP contribution is 1.94. The molecule has 3 heteroatoms. The zero-order valence-electron chi connectivity index (χ0n) is 9.04. The maximum Gasteiger partial charge on any atom is 0.330 e. The first-order valence-electron chi connectivity index (χ1n) is 4.59. The van der Waals surface area contributed by atoms with Crippen LogP contribution in [-0.4, -0.2) is 44.7 Å². The van der Waals surface area contributed by atoms with Crippen LogP contribution in [0.3, 0.4) is 0 Å². The maximum absolute atomic E-state index is 10.9. The number of hydrogen-bond donors (Lipinski definition) is 0. The minimum absolute atomic E-state index is 0.246. The Morgan fingerprint density at radius 1 is 1.38 bits per heavy atom. The molecule has 13 heavy (non-hydrogen) atoms. The highest BCUT2D eigenvalue weighted by Gasteiger charge is 2.03. The van der Waals surface area contributed by atoms with Crippen LogP contribution in [0.5, 0.6) is 0 Å². The Morgan fingerprint density at radius 2 is 2.00 bits per heavy atom. The fraction of sp³-hybridized carbons (Fsp3) is 0.700. The number of hydrogen-bond acceptors (Lipinski definition) is 2. The average Bonchev–Trinajstić information content (AvgIpc) is 1.97. The normalized spacial score (nSPS) is 12.0. The molecule has 0 unspecified atom stereocenters. The van der Waals surface area contributed by atoms with E-state index in [9.17, 15) is 4.79 Å². The maximum atomic E-state index is 10.9. The molecule has 0 aliphatic rings. The second kappa shape index (κ2) is 5.75. The summed E-state index contributed by atoms with van der Waals surface area (Å²) in [5.41, 5.74) is 0. The number of esters is 1. The molecule has 0 heterocycles. The summed E-state index contributed by atoms with van der Waals surface area (Å²) in [7, 11) is 6.37. The highest BCUT2D eigenvalue weighted by atomic mass is 16.5. The monoisotopic (exact) mass is 186 g/mol. The van der Waals surface area contributed by atoms with Gasteiger partial charge in [0.05, 0.1) is 34.3 Å². The van der Waals surface area contributed by atoms with Gasteiger partial charge in [0.1, 0.15) is 0 Å². The van der Waals surface area contributed by atoms with Gasteiger partial charge in [0.15, 0.2) is 0 Å². The molecule has 3 nitrogen and oxygen atoms in total. The van der Waals surface area contributed by atoms with Gasteiger partial charge in [-0.2, -0.15) is 0 Å². The summed E-state index contributed by atoms with van der Waals surface area (Å²) in [6.07, 6.45) is 4.27. The summed E-state index contributed by atoms with van der Waals surface area (Å²) < 4.78 is 5.65. The molecule has 0 radical (unpaired) electrons. The Hall–Kier alpha value is -0.830. The van der Waals surface area contributed by atoms with Crippen molar-refractivity contribution >= 4 is 5.97 Å². The van der Waals surface area contributed by atoms with Crippen molar-refractivity contribution in [3.8, 4) is 0 Å². The van der Waals surface area contributed by atoms with Crippen molar-refractivity contribution in [2.24, 2.45) is 0 Å². The van der Waals surface area contributed by atoms with E-state index in [0.29, 0.717) is 6.61 Å². The average molecular weight is 186 g/mol. The topological polar surface area (TPSA) is 26.3 Å². The predicted molar refractivity (Wildman–Crippen MR) is 53.3 cm³/mol. The quantitative estimate of drug-likeness (QED) is 0.366. The lowest BCUT2D eigenvalue weighted by Crippen LogP contribution is -2.34. The molecule has 0 saturated carbocycles. The van der Waals surface area contributed by atoms with Gasteiger partial charge in [-0.3, -0.25) is 0 Å². The van der Waals surface area contributed by atoms with Crippen LogP contribution in [0.1, 0.15) is 13.3 Å². The van der Waals surface area contributed by atoms with Crippen LogP contribution in [0.15, 0.2) is 12.2 Å². The minimum atomic E-state index is -0.246. The lowest BCUT2D eigenvalue weighted by atomic mass is 10.3. The second-order valence-electron chi connectivity index (χ2n) is 3.96. The van der Waals surface area contributed by atoms with E-state index in [1.807, 2.05) is 6.08 Å². The number of rotatable bonds is 5. The summed E-state index contributed by atoms with van der Waals surface area (Å²) in [6.45, 7) is 3.27. The van der Waals surface area contributed by atoms with E-state index in [1.54, 1.807) is 6.92 Å². The number of carbonyl (C=O) groups excluding carboxylic acids is 1. The molecule has 0 spiro atoms. The van der Waals surface area contributed by atoms with Gasteiger partial charge >= 0.3 is 5.97 Å². The van der Waals surface area contributed by atoms with E-state index >= 15 is 0 Å². The summed E-state index contributed by atoms with van der Waals surface area (Å²) in [5.74, 6) is -0.246. The van der Waals surface area contributed by atoms with Crippen LogP contribution in [0, 0.1) is 0 Å². The fourth-order valence-electron chi connectivity index (χ4n) is 0.832. The first-order chi connectivity index (χ1) is 5.95. The molecule has 0 atom stereocenters. The van der Waals surface area contributed by atoms with Crippen molar-refractivity contribution < 1.29 is 14.0 Å². The first-order valence-corrected chi connectivity index (χ1v) is 4.59. The summed E-state index contributed by atoms with van der Waals surface area (Å²) in [6, 6.07) is 0. The number of quaternary nitrogens is 1. The SMILES string of the molecule is CCOC(=O)/C=C\CC[N+](C)(C)C. The zero-order valence-corrected chi connectivity index (χ0v) is 9.04. The minimum Gasteiger partial charge on any atom is -0.463 e. The van der Waals surface area contributed by atoms with E-state index in [1.165, 1.54) is 6.08 Å². The Labute approximate surface area is 80.6 Å². The van der Waals surface area contributed by atoms with Crippen LogP contribution >= 0.6 is 0 Å². The van der Waals surface area contributed by atoms with Crippen molar-refractivity contribution in [3.05, 3.63) is 12.2 Å². The van der Waals surface area contributed by atoms with Gasteiger partial charge in [-0.25, -0.2) is 4.79 Å². The van der Waals surface area contributed by atoms with Crippen LogP contribution in [0.2, 0.25) is 0 Å². The third-order valence-corrected chi connectivity index (χ3v) is 1.51. The van der Waals surface area contributed by atoms with Crippen molar-refractivity contribution in [2.45, 2.75) is 13.3 Å². The summed E-state index contributed by atoms with van der Waals surface area (Å²) >= 11 is 0. The van der Waals surface area contributed by atoms with Crippen molar-refractivity contribution in [2.75, 3.05) is 34.3 Å². The summed E-state index contributed by atoms with van der Waals surface area (Å²) in [4.78, 5) is 10.9. The van der Waals surface area contributed by atoms with Crippen molar-refractivity contribution in [1.82, 2.24) is 0 Å². The van der Waals surface area contributed by atoms with Crippen LogP contribution in [-0.2, 0) is 9.53 Å². The van der Waals surface area contributed by atoms with Gasteiger partial charge in [0, 0.05) is 12.5 Å². The molecule has 0 amide bonds. The van der Waals surface area contributed by atoms with Gasteiger partial charge in [0.25, 0.3) is 0 Å². The molecule has 0 aromatic carbocycles. The first kappa shape index (κ1) is 12.2. The lowest BCUT2D eigenvalue weighted by Gasteiger charge is -2.22. The number of ether oxygens (including phenoxy) is 1. The number of nitrogens with zero attached hydrogens (tertiary/aromatic N) is 1. The molecule has 0 fully saturated rings. The molecule has 0 bridgehead atoms. The lowest BCUT2D eigenvalue weighted by molar-refractivity contribution is -0.869. The van der Waals surface area contributed by atoms with Gasteiger partial charge in [0.2, 0.25) is 0 Å². The Morgan fingerprint density at radius 3 is 2.46 bits per heavy atom. The Balaban J connectivity index is 3.58. The van der Waals surface area contributed by atoms with Crippen LogP contribution in [0.4, 0.5) is 0 Å². The molecule has 0 saturated heterocycles.